The lowest BCUT2D eigenvalue weighted by Crippen LogP contribution is -2.47. The largest absolute Gasteiger partial charge is 0.478 e. The number of piperidine rings is 1. The van der Waals surface area contributed by atoms with Gasteiger partial charge in [0.05, 0.1) is 5.56 Å². The predicted octanol–water partition coefficient (Wildman–Crippen LogP) is 3.33. The third-order valence-electron chi connectivity index (χ3n) is 6.43. The molecule has 1 aromatic rings. The van der Waals surface area contributed by atoms with E-state index < -0.39 is 17.1 Å². The number of carbonyl (C=O) groups is 3. The number of benzene rings is 1. The van der Waals surface area contributed by atoms with Gasteiger partial charge in [0.1, 0.15) is 11.1 Å². The average Bonchev–Trinajstić information content (AvgIpc) is 3.51. The molecule has 7 nitrogen and oxygen atoms in total. The molecule has 7 heteroatoms. The smallest absolute Gasteiger partial charge is 0.335 e. The molecule has 1 saturated carbocycles. The monoisotopic (exact) mass is 444 g/mol. The fourth-order valence-corrected chi connectivity index (χ4v) is 4.19. The number of rotatable bonds is 8. The summed E-state index contributed by atoms with van der Waals surface area (Å²) >= 11 is 0. The van der Waals surface area contributed by atoms with Gasteiger partial charge in [-0.3, -0.25) is 9.59 Å². The van der Waals surface area contributed by atoms with Crippen LogP contribution in [0.5, 0.6) is 0 Å². The topological polar surface area (TPSA) is 95.9 Å². The van der Waals surface area contributed by atoms with Gasteiger partial charge in [-0.25, -0.2) is 4.79 Å². The summed E-state index contributed by atoms with van der Waals surface area (Å²) < 4.78 is 5.56. The molecular weight excluding hydrogens is 408 g/mol. The first kappa shape index (κ1) is 24.2. The molecular formula is C25H36N2O5. The second kappa shape index (κ2) is 9.61. The minimum atomic E-state index is -0.938. The Hall–Kier alpha value is -2.41. The van der Waals surface area contributed by atoms with E-state index in [0.717, 1.165) is 56.4 Å². The fraction of sp³-hybridized carbons (Fsp3) is 0.640. The number of carbonyl (C=O) groups excluding carboxylic acids is 2. The summed E-state index contributed by atoms with van der Waals surface area (Å²) in [5.74, 6) is -0.494. The second-order valence-corrected chi connectivity index (χ2v) is 10.2. The van der Waals surface area contributed by atoms with Crippen LogP contribution in [0.4, 0.5) is 0 Å². The van der Waals surface area contributed by atoms with Gasteiger partial charge in [-0.1, -0.05) is 6.07 Å². The molecule has 2 N–H and O–H groups in total. The van der Waals surface area contributed by atoms with Crippen molar-refractivity contribution in [2.75, 3.05) is 19.6 Å². The molecule has 1 aliphatic heterocycles. The molecule has 0 unspecified atom stereocenters. The first-order chi connectivity index (χ1) is 15.0. The van der Waals surface area contributed by atoms with Crippen LogP contribution in [-0.4, -0.2) is 58.6 Å². The Morgan fingerprint density at radius 1 is 1.19 bits per heavy atom. The standard InChI is InChI=1S/C25H36N2O5/c1-17-15-20(22(29)30)6-5-19(17)7-8-21(28)27-13-9-18(10-14-27)16-26-25(11-12-25)23(31)32-24(2,3)4/h5-6,15,18,26H,7-14,16H2,1-4H3,(H,29,30). The normalized spacial score (nSPS) is 18.3. The van der Waals surface area contributed by atoms with E-state index >= 15 is 0 Å². The Kier molecular flexibility index (Phi) is 7.28. The van der Waals surface area contributed by atoms with E-state index in [1.807, 2.05) is 38.7 Å². The Labute approximate surface area is 190 Å². The van der Waals surface area contributed by atoms with Crippen molar-refractivity contribution in [3.05, 3.63) is 34.9 Å². The number of carboxylic acid groups (broad SMARTS) is 1. The molecule has 3 rings (SSSR count). The number of nitrogens with one attached hydrogen (secondary N) is 1. The number of hydrogen-bond donors (Lipinski definition) is 2. The number of aromatic carboxylic acids is 1. The van der Waals surface area contributed by atoms with Crippen LogP contribution in [0.15, 0.2) is 18.2 Å². The summed E-state index contributed by atoms with van der Waals surface area (Å²) in [7, 11) is 0. The zero-order chi connectivity index (χ0) is 23.5. The number of ether oxygens (including phenoxy) is 1. The van der Waals surface area contributed by atoms with E-state index in [1.165, 1.54) is 0 Å². The van der Waals surface area contributed by atoms with Gasteiger partial charge in [-0.2, -0.15) is 0 Å². The number of likely N-dealkylation sites (tertiary alicyclic amines) is 1. The first-order valence-corrected chi connectivity index (χ1v) is 11.6. The van der Waals surface area contributed by atoms with Gasteiger partial charge >= 0.3 is 11.9 Å². The summed E-state index contributed by atoms with van der Waals surface area (Å²) in [6.07, 6.45) is 4.55. The number of amides is 1. The number of aryl methyl sites for hydroxylation is 2. The predicted molar refractivity (Wildman–Crippen MR) is 122 cm³/mol. The second-order valence-electron chi connectivity index (χ2n) is 10.2. The van der Waals surface area contributed by atoms with Crippen molar-refractivity contribution in [1.29, 1.82) is 0 Å². The van der Waals surface area contributed by atoms with Crippen LogP contribution >= 0.6 is 0 Å². The van der Waals surface area contributed by atoms with Crippen molar-refractivity contribution in [1.82, 2.24) is 10.2 Å². The van der Waals surface area contributed by atoms with Gasteiger partial charge in [0.2, 0.25) is 5.91 Å². The number of esters is 1. The number of hydrogen-bond acceptors (Lipinski definition) is 5. The molecule has 1 heterocycles. The maximum atomic E-state index is 12.7. The SMILES string of the molecule is Cc1cc(C(=O)O)ccc1CCC(=O)N1CCC(CNC2(C(=O)OC(C)(C)C)CC2)CC1. The summed E-state index contributed by atoms with van der Waals surface area (Å²) in [5.41, 5.74) is 1.21. The van der Waals surface area contributed by atoms with Gasteiger partial charge in [0.15, 0.2) is 0 Å². The van der Waals surface area contributed by atoms with Gasteiger partial charge in [-0.05, 0) is 95.5 Å². The van der Waals surface area contributed by atoms with Gasteiger partial charge < -0.3 is 20.1 Å². The van der Waals surface area contributed by atoms with Crippen molar-refractivity contribution < 1.29 is 24.2 Å². The lowest BCUT2D eigenvalue weighted by Gasteiger charge is -2.33. The Morgan fingerprint density at radius 2 is 1.84 bits per heavy atom. The number of carboxylic acids is 1. The molecule has 2 fully saturated rings. The molecule has 32 heavy (non-hydrogen) atoms. The van der Waals surface area contributed by atoms with Crippen LogP contribution in [0.2, 0.25) is 0 Å². The van der Waals surface area contributed by atoms with Crippen LogP contribution in [0, 0.1) is 12.8 Å². The lowest BCUT2D eigenvalue weighted by molar-refractivity contribution is -0.158. The van der Waals surface area contributed by atoms with Crippen LogP contribution in [0.1, 0.15) is 74.4 Å². The van der Waals surface area contributed by atoms with Crippen molar-refractivity contribution in [3.8, 4) is 0 Å². The third-order valence-corrected chi connectivity index (χ3v) is 6.43. The Bertz CT molecular complexity index is 862. The maximum Gasteiger partial charge on any atom is 0.335 e. The highest BCUT2D eigenvalue weighted by atomic mass is 16.6. The average molecular weight is 445 g/mol. The molecule has 176 valence electrons. The molecule has 0 aromatic heterocycles. The third kappa shape index (κ3) is 6.31. The zero-order valence-electron chi connectivity index (χ0n) is 19.7. The molecule has 0 bridgehead atoms. The molecule has 0 spiro atoms. The van der Waals surface area contributed by atoms with Crippen molar-refractivity contribution in [2.45, 2.75) is 77.4 Å². The summed E-state index contributed by atoms with van der Waals surface area (Å²) in [5, 5.41) is 12.5. The molecule has 1 aliphatic carbocycles. The first-order valence-electron chi connectivity index (χ1n) is 11.6. The maximum absolute atomic E-state index is 12.7. The van der Waals surface area contributed by atoms with E-state index in [2.05, 4.69) is 5.32 Å². The van der Waals surface area contributed by atoms with E-state index in [1.54, 1.807) is 12.1 Å². The highest BCUT2D eigenvalue weighted by Gasteiger charge is 2.52. The molecule has 1 amide bonds. The van der Waals surface area contributed by atoms with Crippen molar-refractivity contribution >= 4 is 17.8 Å². The lowest BCUT2D eigenvalue weighted by atomic mass is 9.95. The Balaban J connectivity index is 1.40. The summed E-state index contributed by atoms with van der Waals surface area (Å²) in [4.78, 5) is 38.1. The van der Waals surface area contributed by atoms with Crippen LogP contribution in [0.25, 0.3) is 0 Å². The van der Waals surface area contributed by atoms with Crippen molar-refractivity contribution in [3.63, 3.8) is 0 Å². The summed E-state index contributed by atoms with van der Waals surface area (Å²) in [6, 6.07) is 5.06. The van der Waals surface area contributed by atoms with Crippen molar-refractivity contribution in [2.24, 2.45) is 5.92 Å². The molecule has 1 aromatic carbocycles. The van der Waals surface area contributed by atoms with E-state index in [-0.39, 0.29) is 17.4 Å². The zero-order valence-corrected chi connectivity index (χ0v) is 19.7. The van der Waals surface area contributed by atoms with E-state index in [9.17, 15) is 14.4 Å². The molecule has 0 atom stereocenters. The van der Waals surface area contributed by atoms with E-state index in [4.69, 9.17) is 9.84 Å². The van der Waals surface area contributed by atoms with Gasteiger partial charge in [0.25, 0.3) is 0 Å². The quantitative estimate of drug-likeness (QED) is 0.597. The Morgan fingerprint density at radius 3 is 2.38 bits per heavy atom. The van der Waals surface area contributed by atoms with Gasteiger partial charge in [-0.15, -0.1) is 0 Å². The number of nitrogens with zero attached hydrogens (tertiary/aromatic N) is 1. The van der Waals surface area contributed by atoms with Crippen LogP contribution < -0.4 is 5.32 Å². The molecule has 0 radical (unpaired) electrons. The van der Waals surface area contributed by atoms with Crippen LogP contribution in [0.3, 0.4) is 0 Å². The van der Waals surface area contributed by atoms with Gasteiger partial charge in [0, 0.05) is 19.5 Å². The van der Waals surface area contributed by atoms with E-state index in [0.29, 0.717) is 18.8 Å². The molecule has 2 aliphatic rings. The fourth-order valence-electron chi connectivity index (χ4n) is 4.19. The highest BCUT2D eigenvalue weighted by molar-refractivity contribution is 5.88. The summed E-state index contributed by atoms with van der Waals surface area (Å²) in [6.45, 7) is 9.80. The minimum Gasteiger partial charge on any atom is -0.478 e. The minimum absolute atomic E-state index is 0.144. The molecule has 1 saturated heterocycles. The highest BCUT2D eigenvalue weighted by Crippen LogP contribution is 2.38. The van der Waals surface area contributed by atoms with Crippen LogP contribution in [-0.2, 0) is 20.7 Å².